The number of rotatable bonds is 46. The van der Waals surface area contributed by atoms with Crippen molar-refractivity contribution < 1.29 is 58.3 Å². The molecule has 0 aliphatic heterocycles. The smallest absolute Gasteiger partial charge is 0.457 e. The van der Waals surface area contributed by atoms with Gasteiger partial charge in [0, 0.05) is 13.0 Å². The van der Waals surface area contributed by atoms with E-state index in [1.165, 1.54) is 128 Å². The molecule has 13 heteroatoms. The molecule has 1 aliphatic rings. The van der Waals surface area contributed by atoms with E-state index in [9.17, 15) is 39.8 Å². The first kappa shape index (κ1) is 63.3. The normalized spacial score (nSPS) is 21.6. The number of ether oxygens (including phenoxy) is 2. The molecule has 0 bridgehead atoms. The summed E-state index contributed by atoms with van der Waals surface area (Å²) in [7, 11) is -5.03. The van der Waals surface area contributed by atoms with E-state index < -0.39 is 63.1 Å². The van der Waals surface area contributed by atoms with E-state index in [1.807, 2.05) is 0 Å². The Morgan fingerprint density at radius 3 is 1.27 bits per heavy atom. The Hall–Kier alpha value is -1.70. The van der Waals surface area contributed by atoms with Gasteiger partial charge in [-0.15, -0.1) is 0 Å². The second-order valence-corrected chi connectivity index (χ2v) is 20.1. The molecule has 6 N–H and O–H groups in total. The fraction of sp³-hybridized carbons (Fsp3) is 0.833. The quantitative estimate of drug-likeness (QED) is 0.0147. The zero-order chi connectivity index (χ0) is 49.1. The standard InChI is InChI=1S/C54H99O12P/c1-3-5-7-9-11-13-15-17-19-21-23-24-25-26-28-30-32-34-36-38-40-42-44-63-45-47(46-64-67(61,62)66-54-52(59)50(57)49(56)51(58)53(54)60)65-48(55)43-41-39-37-35-33-31-29-27-22-20-18-16-14-12-10-8-6-4-2/h14-17,20-23,47,49-54,56-60H,3-13,18-19,24-46H2,1-2H3,(H,61,62)/b16-14-,17-15-,22-20-,23-21-. The topological polar surface area (TPSA) is 192 Å². The summed E-state index contributed by atoms with van der Waals surface area (Å²) in [5, 5.41) is 50.3. The van der Waals surface area contributed by atoms with E-state index in [2.05, 4.69) is 62.5 Å². The molecular formula is C54H99O12P. The van der Waals surface area contributed by atoms with E-state index in [-0.39, 0.29) is 13.0 Å². The Morgan fingerprint density at radius 2 is 0.836 bits per heavy atom. The first-order chi connectivity index (χ1) is 32.5. The van der Waals surface area contributed by atoms with Gasteiger partial charge in [0.1, 0.15) is 42.7 Å². The zero-order valence-electron chi connectivity index (χ0n) is 42.2. The average molecular weight is 971 g/mol. The molecule has 0 amide bonds. The van der Waals surface area contributed by atoms with Crippen LogP contribution in [0.5, 0.6) is 0 Å². The van der Waals surface area contributed by atoms with Crippen molar-refractivity contribution in [2.24, 2.45) is 0 Å². The van der Waals surface area contributed by atoms with Gasteiger partial charge < -0.3 is 39.9 Å². The number of esters is 1. The van der Waals surface area contributed by atoms with Crippen molar-refractivity contribution >= 4 is 13.8 Å². The lowest BCUT2D eigenvalue weighted by Crippen LogP contribution is -2.64. The Labute approximate surface area is 407 Å². The van der Waals surface area contributed by atoms with Crippen LogP contribution in [0.4, 0.5) is 0 Å². The van der Waals surface area contributed by atoms with Gasteiger partial charge in [-0.3, -0.25) is 13.8 Å². The number of hydrogen-bond acceptors (Lipinski definition) is 11. The maximum absolute atomic E-state index is 12.9. The Morgan fingerprint density at radius 1 is 0.478 bits per heavy atom. The summed E-state index contributed by atoms with van der Waals surface area (Å²) in [5.41, 5.74) is 0. The van der Waals surface area contributed by atoms with Crippen molar-refractivity contribution in [3.05, 3.63) is 48.6 Å². The third-order valence-corrected chi connectivity index (χ3v) is 13.4. The van der Waals surface area contributed by atoms with Crippen LogP contribution in [0, 0.1) is 0 Å². The molecule has 1 aliphatic carbocycles. The van der Waals surface area contributed by atoms with Crippen LogP contribution in [-0.2, 0) is 27.9 Å². The number of allylic oxidation sites excluding steroid dienone is 8. The lowest BCUT2D eigenvalue weighted by atomic mass is 9.85. The molecule has 1 rings (SSSR count). The van der Waals surface area contributed by atoms with Gasteiger partial charge in [-0.2, -0.15) is 0 Å². The van der Waals surface area contributed by atoms with E-state index >= 15 is 0 Å². The Balaban J connectivity index is 2.32. The molecular weight excluding hydrogens is 872 g/mol. The highest BCUT2D eigenvalue weighted by molar-refractivity contribution is 7.47. The molecule has 0 aromatic rings. The van der Waals surface area contributed by atoms with Crippen molar-refractivity contribution in [2.75, 3.05) is 19.8 Å². The van der Waals surface area contributed by atoms with Crippen molar-refractivity contribution in [3.63, 3.8) is 0 Å². The Kier molecular flexibility index (Phi) is 41.8. The maximum atomic E-state index is 12.9. The zero-order valence-corrected chi connectivity index (χ0v) is 43.1. The highest BCUT2D eigenvalue weighted by Crippen LogP contribution is 2.47. The lowest BCUT2D eigenvalue weighted by molar-refractivity contribution is -0.220. The molecule has 0 heterocycles. The summed E-state index contributed by atoms with van der Waals surface area (Å²) in [5.74, 6) is -0.485. The highest BCUT2D eigenvalue weighted by atomic mass is 31.2. The number of phosphoric acid groups is 1. The van der Waals surface area contributed by atoms with E-state index in [1.54, 1.807) is 0 Å². The van der Waals surface area contributed by atoms with Gasteiger partial charge in [-0.25, -0.2) is 4.57 Å². The van der Waals surface area contributed by atoms with E-state index in [4.69, 9.17) is 18.5 Å². The SMILES string of the molecule is CCCCCC/C=C\C/C=C\CCCCCCCCCC(=O)OC(COCCCCCCCCCCCC/C=C\C/C=C\CCCCCCC)COP(=O)(O)OC1C(O)C(O)C(O)C(O)C1O. The van der Waals surface area contributed by atoms with Crippen LogP contribution >= 0.6 is 7.82 Å². The van der Waals surface area contributed by atoms with Crippen LogP contribution < -0.4 is 0 Å². The molecule has 6 atom stereocenters. The largest absolute Gasteiger partial charge is 0.472 e. The fourth-order valence-corrected chi connectivity index (χ4v) is 9.10. The lowest BCUT2D eigenvalue weighted by Gasteiger charge is -2.41. The summed E-state index contributed by atoms with van der Waals surface area (Å²) in [6.07, 6.45) is 43.1. The minimum atomic E-state index is -5.03. The molecule has 0 saturated heterocycles. The van der Waals surface area contributed by atoms with Gasteiger partial charge in [-0.05, 0) is 77.0 Å². The molecule has 12 nitrogen and oxygen atoms in total. The number of aliphatic hydroxyl groups excluding tert-OH is 5. The van der Waals surface area contributed by atoms with Crippen LogP contribution in [-0.4, -0.2) is 98.9 Å². The molecule has 392 valence electrons. The molecule has 0 spiro atoms. The van der Waals surface area contributed by atoms with Crippen LogP contribution in [0.25, 0.3) is 0 Å². The number of carbonyl (C=O) groups excluding carboxylic acids is 1. The maximum Gasteiger partial charge on any atom is 0.472 e. The van der Waals surface area contributed by atoms with Crippen LogP contribution in [0.2, 0.25) is 0 Å². The van der Waals surface area contributed by atoms with Gasteiger partial charge in [0.15, 0.2) is 0 Å². The third kappa shape index (κ3) is 36.0. The number of aliphatic hydroxyl groups is 5. The first-order valence-corrected chi connectivity index (χ1v) is 28.5. The minimum absolute atomic E-state index is 0.0822. The number of unbranched alkanes of at least 4 members (excludes halogenated alkanes) is 26. The summed E-state index contributed by atoms with van der Waals surface area (Å²) in [4.78, 5) is 23.3. The monoisotopic (exact) mass is 971 g/mol. The summed E-state index contributed by atoms with van der Waals surface area (Å²) >= 11 is 0. The van der Waals surface area contributed by atoms with E-state index in [0.717, 1.165) is 70.6 Å². The summed E-state index contributed by atoms with van der Waals surface area (Å²) < 4.78 is 34.3. The third-order valence-electron chi connectivity index (χ3n) is 12.4. The summed E-state index contributed by atoms with van der Waals surface area (Å²) in [6.45, 7) is 4.24. The Bertz CT molecular complexity index is 1290. The number of carbonyl (C=O) groups is 1. The van der Waals surface area contributed by atoms with Crippen LogP contribution in [0.3, 0.4) is 0 Å². The van der Waals surface area contributed by atoms with Crippen LogP contribution in [0.1, 0.15) is 226 Å². The fourth-order valence-electron chi connectivity index (χ4n) is 8.12. The van der Waals surface area contributed by atoms with Crippen molar-refractivity contribution in [2.45, 2.75) is 268 Å². The van der Waals surface area contributed by atoms with Crippen molar-refractivity contribution in [1.82, 2.24) is 0 Å². The van der Waals surface area contributed by atoms with Gasteiger partial charge in [0.2, 0.25) is 0 Å². The molecule has 0 aromatic heterocycles. The predicted octanol–water partition coefficient (Wildman–Crippen LogP) is 12.4. The van der Waals surface area contributed by atoms with Gasteiger partial charge in [0.05, 0.1) is 13.2 Å². The van der Waals surface area contributed by atoms with Gasteiger partial charge in [0.25, 0.3) is 0 Å². The van der Waals surface area contributed by atoms with Crippen LogP contribution in [0.15, 0.2) is 48.6 Å². The highest BCUT2D eigenvalue weighted by Gasteiger charge is 2.51. The molecule has 1 fully saturated rings. The number of hydrogen-bond donors (Lipinski definition) is 6. The summed E-state index contributed by atoms with van der Waals surface area (Å²) in [6, 6.07) is 0. The van der Waals surface area contributed by atoms with Crippen molar-refractivity contribution in [3.8, 4) is 0 Å². The predicted molar refractivity (Wildman–Crippen MR) is 272 cm³/mol. The molecule has 6 unspecified atom stereocenters. The molecule has 1 saturated carbocycles. The molecule has 0 radical (unpaired) electrons. The molecule has 0 aromatic carbocycles. The van der Waals surface area contributed by atoms with E-state index in [0.29, 0.717) is 13.0 Å². The first-order valence-electron chi connectivity index (χ1n) is 27.0. The molecule has 67 heavy (non-hydrogen) atoms. The number of phosphoric ester groups is 1. The second-order valence-electron chi connectivity index (χ2n) is 18.7. The average Bonchev–Trinajstić information content (AvgIpc) is 3.31. The minimum Gasteiger partial charge on any atom is -0.457 e. The van der Waals surface area contributed by atoms with Gasteiger partial charge >= 0.3 is 13.8 Å². The van der Waals surface area contributed by atoms with Gasteiger partial charge in [-0.1, -0.05) is 191 Å². The second kappa shape index (κ2) is 44.3. The van der Waals surface area contributed by atoms with Crippen molar-refractivity contribution in [1.29, 1.82) is 0 Å².